The minimum atomic E-state index is -0.494. The number of carbonyl (C=O) groups excluding carboxylic acids is 1. The molecule has 7 heteroatoms. The summed E-state index contributed by atoms with van der Waals surface area (Å²) in [6, 6.07) is 11.2. The zero-order valence-corrected chi connectivity index (χ0v) is 19.0. The predicted octanol–water partition coefficient (Wildman–Crippen LogP) is 5.36. The summed E-state index contributed by atoms with van der Waals surface area (Å²) >= 11 is 5.69. The topological polar surface area (TPSA) is 57.1 Å². The Hall–Kier alpha value is -2.13. The van der Waals surface area contributed by atoms with Crippen molar-refractivity contribution in [3.05, 3.63) is 73.4 Å². The maximum atomic E-state index is 12.2. The van der Waals surface area contributed by atoms with Crippen LogP contribution in [0.5, 0.6) is 11.5 Å². The van der Waals surface area contributed by atoms with E-state index in [0.717, 1.165) is 20.3 Å². The molecule has 0 saturated carbocycles. The molecule has 0 bridgehead atoms. The lowest BCUT2D eigenvalue weighted by Crippen LogP contribution is -2.05. The highest BCUT2D eigenvalue weighted by Crippen LogP contribution is 2.37. The molecule has 0 unspecified atom stereocenters. The number of esters is 1. The van der Waals surface area contributed by atoms with Gasteiger partial charge in [-0.25, -0.2) is 9.79 Å². The third-order valence-electron chi connectivity index (χ3n) is 3.71. The SMILES string of the molecule is C=C(C)COc1c(Br)cc(/C=C2\N=C(c3cccc(I)c3)OC2=O)cc1OC. The van der Waals surface area contributed by atoms with E-state index >= 15 is 0 Å². The standard InChI is InChI=1S/C21H17BrINO4/c1-12(2)11-27-19-16(22)7-13(9-18(19)26-3)8-17-21(25)28-20(24-17)14-5-4-6-15(23)10-14/h4-10H,1,11H2,2-3H3/b17-8-. The number of nitrogens with zero attached hydrogens (tertiary/aromatic N) is 1. The van der Waals surface area contributed by atoms with Crippen LogP contribution in [0.1, 0.15) is 18.1 Å². The summed E-state index contributed by atoms with van der Waals surface area (Å²) in [4.78, 5) is 16.6. The van der Waals surface area contributed by atoms with E-state index in [1.807, 2.05) is 37.3 Å². The van der Waals surface area contributed by atoms with E-state index in [1.54, 1.807) is 19.3 Å². The number of rotatable bonds is 6. The zero-order valence-electron chi connectivity index (χ0n) is 15.3. The summed E-state index contributed by atoms with van der Waals surface area (Å²) in [7, 11) is 1.56. The minimum Gasteiger partial charge on any atom is -0.493 e. The smallest absolute Gasteiger partial charge is 0.363 e. The van der Waals surface area contributed by atoms with Crippen molar-refractivity contribution in [2.45, 2.75) is 6.92 Å². The second-order valence-corrected chi connectivity index (χ2v) is 8.23. The Morgan fingerprint density at radius 2 is 2.14 bits per heavy atom. The highest BCUT2D eigenvalue weighted by Gasteiger charge is 2.24. The fourth-order valence-electron chi connectivity index (χ4n) is 2.47. The van der Waals surface area contributed by atoms with Crippen molar-refractivity contribution in [3.8, 4) is 11.5 Å². The number of cyclic esters (lactones) is 1. The van der Waals surface area contributed by atoms with Crippen LogP contribution in [0.25, 0.3) is 6.08 Å². The number of hydrogen-bond acceptors (Lipinski definition) is 5. The van der Waals surface area contributed by atoms with Gasteiger partial charge in [-0.15, -0.1) is 0 Å². The molecule has 0 N–H and O–H groups in total. The first kappa shape index (κ1) is 20.6. The number of aliphatic imine (C=N–C) groups is 1. The van der Waals surface area contributed by atoms with E-state index in [-0.39, 0.29) is 5.70 Å². The molecule has 1 aliphatic rings. The second kappa shape index (κ2) is 8.91. The number of halogens is 2. The Bertz CT molecular complexity index is 1010. The molecule has 3 rings (SSSR count). The van der Waals surface area contributed by atoms with Gasteiger partial charge in [0.2, 0.25) is 5.90 Å². The van der Waals surface area contributed by atoms with Crippen molar-refractivity contribution >= 4 is 56.5 Å². The van der Waals surface area contributed by atoms with Crippen molar-refractivity contribution in [1.82, 2.24) is 0 Å². The second-order valence-electron chi connectivity index (χ2n) is 6.13. The van der Waals surface area contributed by atoms with Crippen LogP contribution in [0.4, 0.5) is 0 Å². The van der Waals surface area contributed by atoms with Crippen LogP contribution in [0, 0.1) is 3.57 Å². The van der Waals surface area contributed by atoms with Gasteiger partial charge < -0.3 is 14.2 Å². The first-order valence-electron chi connectivity index (χ1n) is 8.30. The molecule has 0 saturated heterocycles. The molecular formula is C21H17BrINO4. The zero-order chi connectivity index (χ0) is 20.3. The van der Waals surface area contributed by atoms with Crippen LogP contribution >= 0.6 is 38.5 Å². The summed E-state index contributed by atoms with van der Waals surface area (Å²) < 4.78 is 18.2. The number of ether oxygens (including phenoxy) is 3. The maximum Gasteiger partial charge on any atom is 0.363 e. The van der Waals surface area contributed by atoms with Crippen molar-refractivity contribution < 1.29 is 19.0 Å². The lowest BCUT2D eigenvalue weighted by Gasteiger charge is -2.13. The third-order valence-corrected chi connectivity index (χ3v) is 4.97. The van der Waals surface area contributed by atoms with E-state index in [1.165, 1.54) is 0 Å². The van der Waals surface area contributed by atoms with Crippen LogP contribution < -0.4 is 9.47 Å². The number of hydrogen-bond donors (Lipinski definition) is 0. The normalized spacial score (nSPS) is 14.6. The molecule has 0 aromatic heterocycles. The summed E-state index contributed by atoms with van der Waals surface area (Å²) in [6.07, 6.45) is 1.65. The van der Waals surface area contributed by atoms with E-state index in [4.69, 9.17) is 14.2 Å². The third kappa shape index (κ3) is 4.82. The van der Waals surface area contributed by atoms with Gasteiger partial charge in [0.15, 0.2) is 17.2 Å². The fraction of sp³-hybridized carbons (Fsp3) is 0.143. The Labute approximate surface area is 185 Å². The summed E-state index contributed by atoms with van der Waals surface area (Å²) in [6.45, 7) is 6.09. The van der Waals surface area contributed by atoms with E-state index in [0.29, 0.717) is 28.5 Å². The molecule has 0 fully saturated rings. The van der Waals surface area contributed by atoms with Gasteiger partial charge in [-0.05, 0) is 93.0 Å². The molecule has 1 aliphatic heterocycles. The molecule has 2 aromatic rings. The lowest BCUT2D eigenvalue weighted by molar-refractivity contribution is -0.129. The Kier molecular flexibility index (Phi) is 6.56. The molecule has 0 atom stereocenters. The van der Waals surface area contributed by atoms with Crippen molar-refractivity contribution in [1.29, 1.82) is 0 Å². The van der Waals surface area contributed by atoms with E-state index in [9.17, 15) is 4.79 Å². The highest BCUT2D eigenvalue weighted by atomic mass is 127. The van der Waals surface area contributed by atoms with Gasteiger partial charge in [0.1, 0.15) is 6.61 Å². The average molecular weight is 554 g/mol. The molecule has 0 radical (unpaired) electrons. The van der Waals surface area contributed by atoms with Gasteiger partial charge >= 0.3 is 5.97 Å². The monoisotopic (exact) mass is 553 g/mol. The number of benzene rings is 2. The van der Waals surface area contributed by atoms with Crippen molar-refractivity contribution in [2.75, 3.05) is 13.7 Å². The molecule has 0 amide bonds. The van der Waals surface area contributed by atoms with Crippen LogP contribution in [0.3, 0.4) is 0 Å². The van der Waals surface area contributed by atoms with Gasteiger partial charge in [-0.2, -0.15) is 0 Å². The Morgan fingerprint density at radius 3 is 2.82 bits per heavy atom. The van der Waals surface area contributed by atoms with Gasteiger partial charge in [0.05, 0.1) is 11.6 Å². The lowest BCUT2D eigenvalue weighted by atomic mass is 10.1. The van der Waals surface area contributed by atoms with Crippen LogP contribution in [0.15, 0.2) is 63.7 Å². The van der Waals surface area contributed by atoms with Gasteiger partial charge in [0, 0.05) is 9.13 Å². The van der Waals surface area contributed by atoms with Crippen LogP contribution in [-0.2, 0) is 9.53 Å². The largest absolute Gasteiger partial charge is 0.493 e. The van der Waals surface area contributed by atoms with Crippen LogP contribution in [0.2, 0.25) is 0 Å². The minimum absolute atomic E-state index is 0.221. The van der Waals surface area contributed by atoms with Gasteiger partial charge in [-0.3, -0.25) is 0 Å². The molecule has 0 spiro atoms. The quantitative estimate of drug-likeness (QED) is 0.209. The van der Waals surface area contributed by atoms with E-state index < -0.39 is 5.97 Å². The fourth-order valence-corrected chi connectivity index (χ4v) is 3.59. The average Bonchev–Trinajstić information content (AvgIpc) is 3.01. The number of methoxy groups -OCH3 is 1. The molecular weight excluding hydrogens is 537 g/mol. The summed E-state index contributed by atoms with van der Waals surface area (Å²) in [5.41, 5.74) is 2.60. The molecule has 0 aliphatic carbocycles. The molecule has 2 aromatic carbocycles. The molecule has 144 valence electrons. The van der Waals surface area contributed by atoms with Gasteiger partial charge in [0.25, 0.3) is 0 Å². The first-order valence-corrected chi connectivity index (χ1v) is 10.2. The van der Waals surface area contributed by atoms with Gasteiger partial charge in [-0.1, -0.05) is 12.6 Å². The molecule has 1 heterocycles. The van der Waals surface area contributed by atoms with Crippen molar-refractivity contribution in [3.63, 3.8) is 0 Å². The highest BCUT2D eigenvalue weighted by molar-refractivity contribution is 14.1. The summed E-state index contributed by atoms with van der Waals surface area (Å²) in [5, 5.41) is 0. The predicted molar refractivity (Wildman–Crippen MR) is 121 cm³/mol. The molecule has 5 nitrogen and oxygen atoms in total. The molecule has 28 heavy (non-hydrogen) atoms. The van der Waals surface area contributed by atoms with E-state index in [2.05, 4.69) is 50.1 Å². The Balaban J connectivity index is 1.93. The van der Waals surface area contributed by atoms with Crippen molar-refractivity contribution in [2.24, 2.45) is 4.99 Å². The summed E-state index contributed by atoms with van der Waals surface area (Å²) in [5.74, 6) is 0.911. The maximum absolute atomic E-state index is 12.2. The Morgan fingerprint density at radius 1 is 1.36 bits per heavy atom. The first-order chi connectivity index (χ1) is 13.4. The number of carbonyl (C=O) groups is 1. The van der Waals surface area contributed by atoms with Crippen LogP contribution in [-0.4, -0.2) is 25.6 Å².